The molecule has 0 rings (SSSR count). The molecule has 0 saturated carbocycles. The van der Waals surface area contributed by atoms with Gasteiger partial charge in [0.15, 0.2) is 0 Å². The molecule has 0 aliphatic rings. The molecule has 10 heteroatoms. The van der Waals surface area contributed by atoms with Gasteiger partial charge in [0, 0.05) is 6.54 Å². The summed E-state index contributed by atoms with van der Waals surface area (Å²) in [6.07, 6.45) is 43.7. The number of unbranched alkanes of at least 4 members (excludes halogenated alkanes) is 23. The molecule has 0 aliphatic carbocycles. The maximum atomic E-state index is 12.8. The van der Waals surface area contributed by atoms with E-state index in [9.17, 15) is 24.5 Å². The normalized spacial score (nSPS) is 15.0. The van der Waals surface area contributed by atoms with Gasteiger partial charge in [-0.3, -0.25) is 13.8 Å². The van der Waals surface area contributed by atoms with Gasteiger partial charge in [0.05, 0.1) is 37.9 Å². The van der Waals surface area contributed by atoms with Crippen LogP contribution in [0.25, 0.3) is 0 Å². The van der Waals surface area contributed by atoms with E-state index in [-0.39, 0.29) is 19.6 Å². The van der Waals surface area contributed by atoms with Gasteiger partial charge in [-0.1, -0.05) is 172 Å². The zero-order chi connectivity index (χ0) is 39.8. The predicted molar refractivity (Wildman–Crippen MR) is 227 cm³/mol. The third-order valence-corrected chi connectivity index (χ3v) is 10.7. The maximum Gasteiger partial charge on any atom is 0.472 e. The van der Waals surface area contributed by atoms with Gasteiger partial charge in [-0.15, -0.1) is 0 Å². The van der Waals surface area contributed by atoms with Crippen molar-refractivity contribution < 1.29 is 33.5 Å². The molecule has 1 amide bonds. The number of amides is 1. The lowest BCUT2D eigenvalue weighted by Gasteiger charge is -2.24. The Kier molecular flexibility index (Phi) is 38.9. The first-order valence-corrected chi connectivity index (χ1v) is 23.7. The molecule has 0 radical (unpaired) electrons. The summed E-state index contributed by atoms with van der Waals surface area (Å²) in [6, 6.07) is -1.00. The van der Waals surface area contributed by atoms with Crippen LogP contribution >= 0.6 is 7.82 Å². The molecule has 6 N–H and O–H groups in total. The standard InChI is InChI=1S/C44H85N2O7P/c1-3-5-7-9-11-13-15-17-19-21-23-25-27-29-31-33-35-41(47)39-44(49)46-42(40-53-54(50,51)52-38-37-45)43(48)36-34-32-30-28-26-24-22-20-18-16-14-12-10-8-6-4-2/h23,25-26,28,34,36,41-43,47-48H,3-22,24,27,29-33,35,37-40,45H2,1-2H3,(H,46,49)(H,50,51)/b25-23-,28-26+,36-34+. The lowest BCUT2D eigenvalue weighted by atomic mass is 10.0. The lowest BCUT2D eigenvalue weighted by molar-refractivity contribution is -0.124. The molecule has 9 nitrogen and oxygen atoms in total. The van der Waals surface area contributed by atoms with Crippen LogP contribution in [0.2, 0.25) is 0 Å². The van der Waals surface area contributed by atoms with E-state index >= 15 is 0 Å². The van der Waals surface area contributed by atoms with E-state index in [1.807, 2.05) is 6.08 Å². The van der Waals surface area contributed by atoms with Crippen molar-refractivity contribution in [2.24, 2.45) is 5.73 Å². The highest BCUT2D eigenvalue weighted by molar-refractivity contribution is 7.47. The van der Waals surface area contributed by atoms with Crippen molar-refractivity contribution in [3.63, 3.8) is 0 Å². The third kappa shape index (κ3) is 37.6. The summed E-state index contributed by atoms with van der Waals surface area (Å²) in [6.45, 7) is 3.94. The van der Waals surface area contributed by atoms with Crippen molar-refractivity contribution in [2.45, 2.75) is 218 Å². The second-order valence-corrected chi connectivity index (χ2v) is 16.5. The van der Waals surface area contributed by atoms with Crippen molar-refractivity contribution in [3.8, 4) is 0 Å². The molecule has 0 spiro atoms. The van der Waals surface area contributed by atoms with Crippen LogP contribution < -0.4 is 11.1 Å². The average molecular weight is 785 g/mol. The van der Waals surface area contributed by atoms with Crippen molar-refractivity contribution in [1.29, 1.82) is 0 Å². The topological polar surface area (TPSA) is 151 Å². The number of aliphatic hydroxyl groups excluding tert-OH is 2. The van der Waals surface area contributed by atoms with E-state index in [4.69, 9.17) is 14.8 Å². The number of phosphoric acid groups is 1. The number of hydrogen-bond donors (Lipinski definition) is 5. The van der Waals surface area contributed by atoms with Crippen molar-refractivity contribution in [2.75, 3.05) is 19.8 Å². The molecule has 54 heavy (non-hydrogen) atoms. The summed E-state index contributed by atoms with van der Waals surface area (Å²) in [5.74, 6) is -0.464. The van der Waals surface area contributed by atoms with Gasteiger partial charge >= 0.3 is 7.82 Å². The number of hydrogen-bond acceptors (Lipinski definition) is 7. The van der Waals surface area contributed by atoms with Crippen molar-refractivity contribution in [1.82, 2.24) is 5.32 Å². The second-order valence-electron chi connectivity index (χ2n) is 15.1. The number of nitrogens with two attached hydrogens (primary N) is 1. The fourth-order valence-corrected chi connectivity index (χ4v) is 7.12. The first kappa shape index (κ1) is 52.7. The number of carbonyl (C=O) groups is 1. The molecule has 0 saturated heterocycles. The van der Waals surface area contributed by atoms with E-state index in [2.05, 4.69) is 43.5 Å². The molecular formula is C44H85N2O7P. The van der Waals surface area contributed by atoms with Crippen LogP contribution in [0.15, 0.2) is 36.5 Å². The van der Waals surface area contributed by atoms with Crippen molar-refractivity contribution >= 4 is 13.7 Å². The predicted octanol–water partition coefficient (Wildman–Crippen LogP) is 11.3. The molecule has 0 aliphatic heterocycles. The summed E-state index contributed by atoms with van der Waals surface area (Å²) >= 11 is 0. The first-order valence-electron chi connectivity index (χ1n) is 22.2. The summed E-state index contributed by atoms with van der Waals surface area (Å²) < 4.78 is 22.1. The number of carbonyl (C=O) groups excluding carboxylic acids is 1. The van der Waals surface area contributed by atoms with Crippen LogP contribution in [0.3, 0.4) is 0 Å². The van der Waals surface area contributed by atoms with Gasteiger partial charge in [-0.25, -0.2) is 4.57 Å². The highest BCUT2D eigenvalue weighted by atomic mass is 31.2. The van der Waals surface area contributed by atoms with Gasteiger partial charge in [0.2, 0.25) is 5.91 Å². The summed E-state index contributed by atoms with van der Waals surface area (Å²) in [5.41, 5.74) is 5.36. The number of aliphatic hydroxyl groups is 2. The highest BCUT2D eigenvalue weighted by Gasteiger charge is 2.27. The Morgan fingerprint density at radius 1 is 0.630 bits per heavy atom. The van der Waals surface area contributed by atoms with Crippen LogP contribution in [-0.2, 0) is 18.4 Å². The molecule has 0 aromatic heterocycles. The van der Waals surface area contributed by atoms with Crippen LogP contribution in [-0.4, -0.2) is 59.0 Å². The monoisotopic (exact) mass is 785 g/mol. The number of nitrogens with one attached hydrogen (secondary N) is 1. The van der Waals surface area contributed by atoms with E-state index in [0.29, 0.717) is 12.8 Å². The molecule has 0 bridgehead atoms. The van der Waals surface area contributed by atoms with Gasteiger partial charge in [-0.2, -0.15) is 0 Å². The van der Waals surface area contributed by atoms with Crippen LogP contribution in [0.4, 0.5) is 0 Å². The Morgan fingerprint density at radius 2 is 1.06 bits per heavy atom. The Hall–Kier alpha value is -1.32. The van der Waals surface area contributed by atoms with E-state index in [0.717, 1.165) is 44.9 Å². The largest absolute Gasteiger partial charge is 0.472 e. The number of allylic oxidation sites excluding steroid dienone is 5. The molecule has 4 atom stereocenters. The first-order chi connectivity index (χ1) is 26.3. The minimum absolute atomic E-state index is 0.0428. The maximum absolute atomic E-state index is 12.8. The second kappa shape index (κ2) is 39.9. The van der Waals surface area contributed by atoms with Gasteiger partial charge < -0.3 is 26.2 Å². The average Bonchev–Trinajstić information content (AvgIpc) is 3.15. The summed E-state index contributed by atoms with van der Waals surface area (Å²) in [4.78, 5) is 22.7. The fourth-order valence-electron chi connectivity index (χ4n) is 6.36. The van der Waals surface area contributed by atoms with E-state index in [1.165, 1.54) is 122 Å². The fraction of sp³-hybridized carbons (Fsp3) is 0.841. The molecule has 0 aromatic carbocycles. The quantitative estimate of drug-likeness (QED) is 0.0233. The van der Waals surface area contributed by atoms with Crippen LogP contribution in [0.5, 0.6) is 0 Å². The Morgan fingerprint density at radius 3 is 1.54 bits per heavy atom. The van der Waals surface area contributed by atoms with E-state index in [1.54, 1.807) is 6.08 Å². The molecule has 0 heterocycles. The minimum atomic E-state index is -4.41. The smallest absolute Gasteiger partial charge is 0.393 e. The van der Waals surface area contributed by atoms with Crippen molar-refractivity contribution in [3.05, 3.63) is 36.5 Å². The van der Waals surface area contributed by atoms with E-state index < -0.39 is 38.6 Å². The minimum Gasteiger partial charge on any atom is -0.393 e. The molecule has 0 aromatic rings. The third-order valence-electron chi connectivity index (χ3n) is 9.74. The molecular weight excluding hydrogens is 699 g/mol. The van der Waals surface area contributed by atoms with Gasteiger partial charge in [0.25, 0.3) is 0 Å². The SMILES string of the molecule is CCCCCCCCCCC/C=C\CCCCCC(O)CC(=O)NC(COP(=O)(O)OCCN)C(O)/C=C/CC/C=C/CCCCCCCCCCCC. The zero-order valence-corrected chi connectivity index (χ0v) is 35.7. The van der Waals surface area contributed by atoms with Gasteiger partial charge in [-0.05, 0) is 57.8 Å². The molecule has 318 valence electrons. The highest BCUT2D eigenvalue weighted by Crippen LogP contribution is 2.43. The molecule has 0 fully saturated rings. The Labute approximate surface area is 332 Å². The zero-order valence-electron chi connectivity index (χ0n) is 34.8. The summed E-state index contributed by atoms with van der Waals surface area (Å²) in [5, 5.41) is 24.0. The number of phosphoric ester groups is 1. The Bertz CT molecular complexity index is 961. The number of rotatable bonds is 41. The van der Waals surface area contributed by atoms with Crippen LogP contribution in [0.1, 0.15) is 200 Å². The molecule has 4 unspecified atom stereocenters. The van der Waals surface area contributed by atoms with Gasteiger partial charge in [0.1, 0.15) is 0 Å². The Balaban J connectivity index is 4.39. The summed E-state index contributed by atoms with van der Waals surface area (Å²) in [7, 11) is -4.41. The van der Waals surface area contributed by atoms with Crippen LogP contribution in [0, 0.1) is 0 Å². The lowest BCUT2D eigenvalue weighted by Crippen LogP contribution is -2.46.